The number of benzene rings is 4. The molecular weight excluding hydrogens is 997 g/mol. The molecule has 2 aromatic heterocycles. The van der Waals surface area contributed by atoms with Gasteiger partial charge in [0.2, 0.25) is 0 Å². The van der Waals surface area contributed by atoms with Gasteiger partial charge in [0, 0.05) is 50.0 Å². The topological polar surface area (TPSA) is 107 Å². The second-order valence-corrected chi connectivity index (χ2v) is 27.3. The highest BCUT2D eigenvalue weighted by Crippen LogP contribution is 2.33. The molecule has 0 radical (unpaired) electrons. The van der Waals surface area contributed by atoms with Crippen LogP contribution in [0.1, 0.15) is 114 Å². The molecule has 6 aromatic rings. The lowest BCUT2D eigenvalue weighted by Crippen LogP contribution is -2.51. The molecule has 0 spiro atoms. The van der Waals surface area contributed by atoms with Gasteiger partial charge in [0.1, 0.15) is 47.4 Å². The quantitative estimate of drug-likeness (QED) is 0.0177. The molecule has 15 heteroatoms. The van der Waals surface area contributed by atoms with Crippen molar-refractivity contribution in [2.24, 2.45) is 0 Å². The Hall–Kier alpha value is -5.07. The first kappa shape index (κ1) is 59.2. The summed E-state index contributed by atoms with van der Waals surface area (Å²) in [4.78, 5) is 26.5. The minimum absolute atomic E-state index is 0.0980. The summed E-state index contributed by atoms with van der Waals surface area (Å²) in [6.45, 7) is 11.7. The fraction of sp³-hybridized carbons (Fsp3) is 0.500. The maximum absolute atomic E-state index is 15.4. The molecule has 0 aliphatic rings. The van der Waals surface area contributed by atoms with E-state index in [9.17, 15) is 9.59 Å². The van der Waals surface area contributed by atoms with E-state index in [0.717, 1.165) is 73.6 Å². The summed E-state index contributed by atoms with van der Waals surface area (Å²) in [5, 5.41) is 1.42. The average Bonchev–Trinajstić information content (AvgIpc) is 3.41. The number of hydrogen-bond acceptors (Lipinski definition) is 9. The highest BCUT2D eigenvalue weighted by atomic mass is 28.5. The summed E-state index contributed by atoms with van der Waals surface area (Å²) in [6.07, 6.45) is 2.27. The third-order valence-electron chi connectivity index (χ3n) is 14.4. The van der Waals surface area contributed by atoms with Gasteiger partial charge < -0.3 is 31.3 Å². The van der Waals surface area contributed by atoms with Crippen LogP contribution in [0.25, 0.3) is 44.2 Å². The minimum atomic E-state index is -3.16. The second kappa shape index (κ2) is 28.3. The number of alkyl halides is 4. The zero-order valence-electron chi connectivity index (χ0n) is 45.3. The van der Waals surface area contributed by atoms with Crippen LogP contribution in [0.5, 0.6) is 11.5 Å². The first-order valence-electron chi connectivity index (χ1n) is 27.1. The Morgan fingerprint density at radius 2 is 0.893 bits per heavy atom. The van der Waals surface area contributed by atoms with Gasteiger partial charge >= 0.3 is 28.4 Å². The Labute approximate surface area is 442 Å². The second-order valence-electron chi connectivity index (χ2n) is 20.1. The van der Waals surface area contributed by atoms with E-state index in [0.29, 0.717) is 44.6 Å². The number of ether oxygens (including phenoxy) is 2. The van der Waals surface area contributed by atoms with Crippen molar-refractivity contribution < 1.29 is 48.8 Å². The summed E-state index contributed by atoms with van der Waals surface area (Å²) < 4.78 is 102. The van der Waals surface area contributed by atoms with Gasteiger partial charge in [-0.1, -0.05) is 89.8 Å². The normalized spacial score (nSPS) is 15.1. The van der Waals surface area contributed by atoms with Gasteiger partial charge in [-0.3, -0.25) is 0 Å². The summed E-state index contributed by atoms with van der Waals surface area (Å²) >= 11 is 0. The van der Waals surface area contributed by atoms with E-state index in [-0.39, 0.29) is 51.0 Å². The highest BCUT2D eigenvalue weighted by molar-refractivity contribution is 6.80. The van der Waals surface area contributed by atoms with Crippen LogP contribution in [-0.4, -0.2) is 69.2 Å². The summed E-state index contributed by atoms with van der Waals surface area (Å²) in [5.74, 6) is 0.720. The van der Waals surface area contributed by atoms with Crippen molar-refractivity contribution in [3.8, 4) is 33.8 Å². The third kappa shape index (κ3) is 16.5. The molecule has 0 bridgehead atoms. The van der Waals surface area contributed by atoms with E-state index in [4.69, 9.17) is 31.3 Å². The zero-order chi connectivity index (χ0) is 54.1. The SMILES string of the molecule is CCCCCc1ccc(-c2cc3ccc(OCCC(F)C(F)CC[Si](C)(OC)O[Si](C)(CCC(F)C(F)CCOc4ccc5cc(-c6ccc(CCCCC)cc6CC)c(=O)oc5c4)OC)cc3oc2=O)c(CC)c1. The number of unbranched alkanes of at least 4 members (excludes halogenated alkanes) is 4. The van der Waals surface area contributed by atoms with Crippen LogP contribution in [0.4, 0.5) is 17.6 Å². The van der Waals surface area contributed by atoms with Gasteiger partial charge in [-0.05, 0) is 146 Å². The highest BCUT2D eigenvalue weighted by Gasteiger charge is 2.43. The van der Waals surface area contributed by atoms with E-state index < -0.39 is 53.1 Å². The van der Waals surface area contributed by atoms with Crippen LogP contribution >= 0.6 is 0 Å². The fourth-order valence-electron chi connectivity index (χ4n) is 9.56. The number of halogens is 4. The lowest BCUT2D eigenvalue weighted by atomic mass is 9.94. The van der Waals surface area contributed by atoms with Gasteiger partial charge in [-0.25, -0.2) is 27.2 Å². The third-order valence-corrected chi connectivity index (χ3v) is 22.0. The van der Waals surface area contributed by atoms with Crippen LogP contribution in [-0.2, 0) is 38.7 Å². The molecule has 6 rings (SSSR count). The Morgan fingerprint density at radius 3 is 1.27 bits per heavy atom. The van der Waals surface area contributed by atoms with Gasteiger partial charge in [0.15, 0.2) is 0 Å². The molecule has 6 unspecified atom stereocenters. The molecule has 9 nitrogen and oxygen atoms in total. The molecule has 4 aromatic carbocycles. The Balaban J connectivity index is 0.937. The molecule has 0 aliphatic carbocycles. The van der Waals surface area contributed by atoms with Crippen LogP contribution in [0.15, 0.2) is 103 Å². The first-order valence-corrected chi connectivity index (χ1v) is 32.1. The smallest absolute Gasteiger partial charge is 0.344 e. The van der Waals surface area contributed by atoms with Crippen molar-refractivity contribution in [2.45, 2.75) is 167 Å². The summed E-state index contributed by atoms with van der Waals surface area (Å²) in [6, 6.07) is 26.5. The Bertz CT molecular complexity index is 2700. The minimum Gasteiger partial charge on any atom is -0.493 e. The average molecular weight is 1080 g/mol. The standard InChI is InChI=1S/C60H78F4O9Si2/c1-9-13-15-17-41-19-25-49(43(11-3)35-41)51-37-45-21-23-47(39-57(45)71-59(51)65)69-31-27-53(61)55(63)29-33-74(7,67-5)73-75(8,68-6)34-30-56(64)54(62)28-32-70-48-24-22-46-38-52(60(66)72-58(46)40-48)50-26-20-42(18-16-14-10-2)36-44(50)12-4/h19-26,35-40,53-56H,9-18,27-34H2,1-8H3. The number of aryl methyl sites for hydroxylation is 4. The molecule has 2 heterocycles. The number of rotatable bonds is 32. The molecule has 408 valence electrons. The van der Waals surface area contributed by atoms with E-state index in [1.807, 2.05) is 24.3 Å². The van der Waals surface area contributed by atoms with Gasteiger partial charge in [-0.15, -0.1) is 0 Å². The van der Waals surface area contributed by atoms with Crippen LogP contribution in [0.3, 0.4) is 0 Å². The van der Waals surface area contributed by atoms with Gasteiger partial charge in [0.05, 0.1) is 24.3 Å². The zero-order valence-corrected chi connectivity index (χ0v) is 47.3. The molecule has 0 saturated carbocycles. The molecule has 75 heavy (non-hydrogen) atoms. The molecule has 0 saturated heterocycles. The maximum Gasteiger partial charge on any atom is 0.344 e. The first-order chi connectivity index (χ1) is 36.0. The molecule has 0 amide bonds. The van der Waals surface area contributed by atoms with Crippen LogP contribution in [0, 0.1) is 0 Å². The van der Waals surface area contributed by atoms with E-state index in [2.05, 4.69) is 52.0 Å². The molecular formula is C60H78F4O9Si2. The van der Waals surface area contributed by atoms with Crippen molar-refractivity contribution >= 4 is 39.1 Å². The molecule has 6 atom stereocenters. The fourth-order valence-corrected chi connectivity index (χ4v) is 16.7. The predicted molar refractivity (Wildman–Crippen MR) is 298 cm³/mol. The Morgan fingerprint density at radius 1 is 0.493 bits per heavy atom. The number of fused-ring (bicyclic) bond motifs is 2. The van der Waals surface area contributed by atoms with Crippen molar-refractivity contribution in [1.82, 2.24) is 0 Å². The van der Waals surface area contributed by atoms with E-state index in [1.54, 1.807) is 49.5 Å². The Kier molecular flexibility index (Phi) is 22.4. The summed E-state index contributed by atoms with van der Waals surface area (Å²) in [5.41, 5.74) is 7.07. The van der Waals surface area contributed by atoms with Crippen LogP contribution < -0.4 is 20.7 Å². The summed E-state index contributed by atoms with van der Waals surface area (Å²) in [7, 11) is -3.43. The van der Waals surface area contributed by atoms with Gasteiger partial charge in [0.25, 0.3) is 0 Å². The van der Waals surface area contributed by atoms with Gasteiger partial charge in [-0.2, -0.15) is 0 Å². The lowest BCUT2D eigenvalue weighted by Gasteiger charge is -2.36. The monoisotopic (exact) mass is 1070 g/mol. The molecule has 0 N–H and O–H groups in total. The predicted octanol–water partition coefficient (Wildman–Crippen LogP) is 15.6. The number of hydrogen-bond donors (Lipinski definition) is 0. The van der Waals surface area contributed by atoms with E-state index >= 15 is 17.6 Å². The maximum atomic E-state index is 15.4. The van der Waals surface area contributed by atoms with Crippen LogP contribution in [0.2, 0.25) is 25.2 Å². The molecule has 0 fully saturated rings. The molecule has 0 aliphatic heterocycles. The van der Waals surface area contributed by atoms with Crippen molar-refractivity contribution in [3.63, 3.8) is 0 Å². The lowest BCUT2D eigenvalue weighted by molar-refractivity contribution is 0.128. The van der Waals surface area contributed by atoms with Crippen molar-refractivity contribution in [3.05, 3.63) is 128 Å². The largest absolute Gasteiger partial charge is 0.493 e. The van der Waals surface area contributed by atoms with Crippen molar-refractivity contribution in [1.29, 1.82) is 0 Å². The van der Waals surface area contributed by atoms with E-state index in [1.165, 1.54) is 38.2 Å². The van der Waals surface area contributed by atoms with Crippen molar-refractivity contribution in [2.75, 3.05) is 27.4 Å².